The monoisotopic (exact) mass is 297 g/mol. The Kier molecular flexibility index (Phi) is 3.97. The number of nitrogens with one attached hydrogen (secondary N) is 2. The number of hydrogen-bond acceptors (Lipinski definition) is 5. The number of aromatic nitrogens is 6. The molecular weight excluding hydrogens is 278 g/mol. The third-order valence-corrected chi connectivity index (χ3v) is 3.81. The van der Waals surface area contributed by atoms with Gasteiger partial charge in [0.15, 0.2) is 0 Å². The van der Waals surface area contributed by atoms with Crippen molar-refractivity contribution in [2.75, 3.05) is 7.05 Å². The van der Waals surface area contributed by atoms with E-state index in [1.807, 2.05) is 25.3 Å². The first-order valence-corrected chi connectivity index (χ1v) is 7.18. The Labute approximate surface area is 128 Å². The van der Waals surface area contributed by atoms with E-state index in [0.717, 1.165) is 23.6 Å². The van der Waals surface area contributed by atoms with Crippen LogP contribution in [0.4, 0.5) is 0 Å². The van der Waals surface area contributed by atoms with Gasteiger partial charge >= 0.3 is 0 Å². The molecule has 0 saturated heterocycles. The maximum Gasteiger partial charge on any atom is 0.204 e. The number of tetrazole rings is 1. The minimum atomic E-state index is 0.282. The minimum Gasteiger partial charge on any atom is -0.345 e. The van der Waals surface area contributed by atoms with Gasteiger partial charge in [-0.1, -0.05) is 24.3 Å². The van der Waals surface area contributed by atoms with Gasteiger partial charge in [0.05, 0.1) is 6.54 Å². The van der Waals surface area contributed by atoms with Crippen molar-refractivity contribution < 1.29 is 0 Å². The predicted octanol–water partition coefficient (Wildman–Crippen LogP) is 2.09. The average molecular weight is 297 g/mol. The van der Waals surface area contributed by atoms with Crippen molar-refractivity contribution in [2.24, 2.45) is 0 Å². The summed E-state index contributed by atoms with van der Waals surface area (Å²) >= 11 is 0. The van der Waals surface area contributed by atoms with Crippen molar-refractivity contribution >= 4 is 0 Å². The Morgan fingerprint density at radius 3 is 2.59 bits per heavy atom. The van der Waals surface area contributed by atoms with Gasteiger partial charge < -0.3 is 4.98 Å². The number of hydrogen-bond donors (Lipinski definition) is 2. The van der Waals surface area contributed by atoms with Crippen LogP contribution in [0.2, 0.25) is 0 Å². The van der Waals surface area contributed by atoms with Crippen molar-refractivity contribution in [1.82, 2.24) is 35.5 Å². The second kappa shape index (κ2) is 6.07. The molecular formula is C15H19N7. The summed E-state index contributed by atoms with van der Waals surface area (Å²) in [5.74, 6) is 1.59. The van der Waals surface area contributed by atoms with Gasteiger partial charge in [-0.3, -0.25) is 4.90 Å². The van der Waals surface area contributed by atoms with Gasteiger partial charge in [0.2, 0.25) is 5.82 Å². The predicted molar refractivity (Wildman–Crippen MR) is 82.8 cm³/mol. The molecule has 0 spiro atoms. The van der Waals surface area contributed by atoms with Gasteiger partial charge in [-0.2, -0.15) is 5.21 Å². The summed E-state index contributed by atoms with van der Waals surface area (Å²) in [5, 5.41) is 14.0. The minimum absolute atomic E-state index is 0.282. The van der Waals surface area contributed by atoms with E-state index in [9.17, 15) is 0 Å². The fourth-order valence-corrected chi connectivity index (χ4v) is 2.37. The first-order valence-electron chi connectivity index (χ1n) is 7.18. The fourth-order valence-electron chi connectivity index (χ4n) is 2.37. The van der Waals surface area contributed by atoms with E-state index in [2.05, 4.69) is 61.6 Å². The van der Waals surface area contributed by atoms with Crippen LogP contribution >= 0.6 is 0 Å². The number of aryl methyl sites for hydroxylation is 1. The molecule has 0 bridgehead atoms. The second-order valence-corrected chi connectivity index (χ2v) is 5.46. The van der Waals surface area contributed by atoms with Crippen LogP contribution in [0.25, 0.3) is 11.4 Å². The third kappa shape index (κ3) is 3.04. The van der Waals surface area contributed by atoms with Crippen LogP contribution in [0.3, 0.4) is 0 Å². The number of imidazole rings is 1. The molecule has 7 nitrogen and oxygen atoms in total. The molecule has 0 aliphatic heterocycles. The lowest BCUT2D eigenvalue weighted by Crippen LogP contribution is -2.22. The lowest BCUT2D eigenvalue weighted by atomic mass is 10.0. The van der Waals surface area contributed by atoms with E-state index in [1.54, 1.807) is 0 Å². The number of aromatic amines is 2. The van der Waals surface area contributed by atoms with Gasteiger partial charge in [-0.25, -0.2) is 4.98 Å². The summed E-state index contributed by atoms with van der Waals surface area (Å²) in [6, 6.07) is 8.51. The largest absolute Gasteiger partial charge is 0.345 e. The van der Waals surface area contributed by atoms with Crippen LogP contribution in [0.15, 0.2) is 30.5 Å². The highest BCUT2D eigenvalue weighted by Crippen LogP contribution is 2.22. The van der Waals surface area contributed by atoms with E-state index in [0.29, 0.717) is 5.82 Å². The van der Waals surface area contributed by atoms with Crippen LogP contribution in [-0.2, 0) is 6.54 Å². The highest BCUT2D eigenvalue weighted by atomic mass is 15.5. The molecule has 7 heteroatoms. The fraction of sp³-hybridized carbons (Fsp3) is 0.333. The molecule has 114 valence electrons. The van der Waals surface area contributed by atoms with Gasteiger partial charge in [0.25, 0.3) is 0 Å². The van der Waals surface area contributed by atoms with Crippen molar-refractivity contribution in [1.29, 1.82) is 0 Å². The van der Waals surface area contributed by atoms with E-state index in [-0.39, 0.29) is 6.04 Å². The van der Waals surface area contributed by atoms with Crippen LogP contribution in [-0.4, -0.2) is 42.5 Å². The van der Waals surface area contributed by atoms with Gasteiger partial charge in [-0.15, -0.1) is 10.2 Å². The summed E-state index contributed by atoms with van der Waals surface area (Å²) in [5.41, 5.74) is 3.27. The van der Waals surface area contributed by atoms with Crippen molar-refractivity contribution in [3.8, 4) is 11.4 Å². The molecule has 0 amide bonds. The molecule has 0 aliphatic rings. The molecule has 0 fully saturated rings. The second-order valence-electron chi connectivity index (χ2n) is 5.46. The SMILES string of the molecule is Cc1cnc(CN(C)C(C)c2ccc(-c3nn[nH]n3)cc2)[nH]1. The summed E-state index contributed by atoms with van der Waals surface area (Å²) in [4.78, 5) is 9.87. The average Bonchev–Trinajstić information content (AvgIpc) is 3.18. The smallest absolute Gasteiger partial charge is 0.204 e. The lowest BCUT2D eigenvalue weighted by Gasteiger charge is -2.24. The Bertz CT molecular complexity index is 715. The molecule has 0 saturated carbocycles. The summed E-state index contributed by atoms with van der Waals surface area (Å²) in [6.45, 7) is 4.97. The first-order chi connectivity index (χ1) is 10.6. The summed E-state index contributed by atoms with van der Waals surface area (Å²) in [6.07, 6.45) is 1.85. The molecule has 22 heavy (non-hydrogen) atoms. The quantitative estimate of drug-likeness (QED) is 0.753. The Morgan fingerprint density at radius 2 is 2.00 bits per heavy atom. The molecule has 2 aromatic heterocycles. The molecule has 2 N–H and O–H groups in total. The summed E-state index contributed by atoms with van der Waals surface area (Å²) < 4.78 is 0. The maximum absolute atomic E-state index is 4.36. The Hall–Kier alpha value is -2.54. The topological polar surface area (TPSA) is 86.4 Å². The standard InChI is InChI=1S/C15H19N7/c1-10-8-16-14(17-10)9-22(3)11(2)12-4-6-13(7-5-12)15-18-20-21-19-15/h4-8,11H,9H2,1-3H3,(H,16,17)(H,18,19,20,21). The van der Waals surface area contributed by atoms with E-state index < -0.39 is 0 Å². The van der Waals surface area contributed by atoms with Crippen LogP contribution < -0.4 is 0 Å². The van der Waals surface area contributed by atoms with E-state index in [4.69, 9.17) is 0 Å². The van der Waals surface area contributed by atoms with Crippen molar-refractivity contribution in [3.05, 3.63) is 47.5 Å². The van der Waals surface area contributed by atoms with Gasteiger partial charge in [0, 0.05) is 23.5 Å². The molecule has 1 unspecified atom stereocenters. The molecule has 2 heterocycles. The number of H-pyrrole nitrogens is 2. The normalized spacial score (nSPS) is 12.7. The lowest BCUT2D eigenvalue weighted by molar-refractivity contribution is 0.247. The third-order valence-electron chi connectivity index (χ3n) is 3.81. The van der Waals surface area contributed by atoms with Gasteiger partial charge in [-0.05, 0) is 31.7 Å². The molecule has 3 rings (SSSR count). The number of nitrogens with zero attached hydrogens (tertiary/aromatic N) is 5. The van der Waals surface area contributed by atoms with Gasteiger partial charge in [0.1, 0.15) is 5.82 Å². The van der Waals surface area contributed by atoms with Crippen molar-refractivity contribution in [3.63, 3.8) is 0 Å². The number of rotatable bonds is 5. The van der Waals surface area contributed by atoms with Crippen molar-refractivity contribution in [2.45, 2.75) is 26.4 Å². The Morgan fingerprint density at radius 1 is 1.23 bits per heavy atom. The molecule has 3 aromatic rings. The zero-order valence-electron chi connectivity index (χ0n) is 12.9. The zero-order valence-corrected chi connectivity index (χ0v) is 12.9. The first kappa shape index (κ1) is 14.4. The molecule has 0 aliphatic carbocycles. The molecule has 1 atom stereocenters. The summed E-state index contributed by atoms with van der Waals surface area (Å²) in [7, 11) is 2.09. The van der Waals surface area contributed by atoms with E-state index in [1.165, 1.54) is 5.56 Å². The van der Waals surface area contributed by atoms with Crippen LogP contribution in [0.5, 0.6) is 0 Å². The zero-order chi connectivity index (χ0) is 15.5. The number of benzene rings is 1. The van der Waals surface area contributed by atoms with E-state index >= 15 is 0 Å². The van der Waals surface area contributed by atoms with Crippen LogP contribution in [0, 0.1) is 6.92 Å². The Balaban J connectivity index is 1.70. The maximum atomic E-state index is 4.36. The highest BCUT2D eigenvalue weighted by molar-refractivity contribution is 5.54. The highest BCUT2D eigenvalue weighted by Gasteiger charge is 2.14. The molecule has 1 aromatic carbocycles. The molecule has 0 radical (unpaired) electrons. The van der Waals surface area contributed by atoms with Crippen LogP contribution in [0.1, 0.15) is 30.0 Å².